The highest BCUT2D eigenvalue weighted by Gasteiger charge is 2.41. The lowest BCUT2D eigenvalue weighted by molar-refractivity contribution is -0.184. The number of carbonyl (C=O) groups is 2. The van der Waals surface area contributed by atoms with Gasteiger partial charge in [-0.3, -0.25) is 14.4 Å². The molecule has 0 bridgehead atoms. The van der Waals surface area contributed by atoms with Crippen molar-refractivity contribution in [3.8, 4) is 0 Å². The van der Waals surface area contributed by atoms with E-state index in [1.165, 1.54) is 37.4 Å². The van der Waals surface area contributed by atoms with E-state index in [0.717, 1.165) is 17.5 Å². The van der Waals surface area contributed by atoms with E-state index >= 15 is 0 Å². The first kappa shape index (κ1) is 24.0. The maximum absolute atomic E-state index is 12.7. The van der Waals surface area contributed by atoms with Crippen molar-refractivity contribution in [2.24, 2.45) is 0 Å². The van der Waals surface area contributed by atoms with Crippen molar-refractivity contribution in [3.05, 3.63) is 53.6 Å². The summed E-state index contributed by atoms with van der Waals surface area (Å²) in [5.74, 6) is -2.12. The van der Waals surface area contributed by atoms with Crippen LogP contribution in [0.1, 0.15) is 11.1 Å². The lowest BCUT2D eigenvalue weighted by Crippen LogP contribution is -2.38. The molecular formula is C19H20F3N3O5S. The topological polar surface area (TPSA) is 107 Å². The Morgan fingerprint density at radius 2 is 1.65 bits per heavy atom. The molecule has 0 aliphatic heterocycles. The molecule has 0 spiro atoms. The molecule has 0 atom stereocenters. The van der Waals surface area contributed by atoms with Crippen molar-refractivity contribution in [1.82, 2.24) is 4.90 Å². The van der Waals surface area contributed by atoms with E-state index in [9.17, 15) is 36.3 Å². The molecule has 0 saturated carbocycles. The van der Waals surface area contributed by atoms with Gasteiger partial charge in [0.05, 0.1) is 10.6 Å². The summed E-state index contributed by atoms with van der Waals surface area (Å²) in [5.41, 5.74) is 0.826. The Morgan fingerprint density at radius 3 is 2.16 bits per heavy atom. The minimum atomic E-state index is -5.11. The Hall–Kier alpha value is -3.28. The van der Waals surface area contributed by atoms with Gasteiger partial charge in [0.15, 0.2) is 0 Å². The smallest absolute Gasteiger partial charge is 0.465 e. The lowest BCUT2D eigenvalue weighted by Gasteiger charge is -2.23. The number of benzene rings is 2. The van der Waals surface area contributed by atoms with E-state index in [0.29, 0.717) is 4.90 Å². The Kier molecular flexibility index (Phi) is 6.84. The van der Waals surface area contributed by atoms with E-state index in [2.05, 4.69) is 4.72 Å². The normalized spacial score (nSPS) is 11.7. The second-order valence-electron chi connectivity index (χ2n) is 6.76. The molecule has 0 unspecified atom stereocenters. The van der Waals surface area contributed by atoms with Crippen molar-refractivity contribution in [2.45, 2.75) is 24.5 Å². The standard InChI is InChI=1S/C19H20F3N3O5S/c1-12-4-7-15(8-5-12)31(29,30)23-14-6-9-16(25(3)18(27)28)13(10-14)11-24(2)17(26)19(20,21)22/h4-10,23H,11H2,1-3H3,(H,27,28). The van der Waals surface area contributed by atoms with Crippen LogP contribution in [0.15, 0.2) is 47.4 Å². The third-order valence-corrected chi connectivity index (χ3v) is 5.71. The van der Waals surface area contributed by atoms with E-state index in [1.54, 1.807) is 19.1 Å². The van der Waals surface area contributed by atoms with Gasteiger partial charge in [-0.15, -0.1) is 0 Å². The van der Waals surface area contributed by atoms with Crippen LogP contribution in [-0.2, 0) is 21.4 Å². The molecule has 168 valence electrons. The zero-order valence-electron chi connectivity index (χ0n) is 16.8. The predicted molar refractivity (Wildman–Crippen MR) is 107 cm³/mol. The molecule has 2 amide bonds. The average Bonchev–Trinajstić information content (AvgIpc) is 2.66. The fourth-order valence-corrected chi connectivity index (χ4v) is 3.73. The summed E-state index contributed by atoms with van der Waals surface area (Å²) in [6, 6.07) is 9.67. The molecule has 8 nitrogen and oxygen atoms in total. The molecule has 2 aromatic rings. The van der Waals surface area contributed by atoms with Gasteiger partial charge in [-0.25, -0.2) is 13.2 Å². The summed E-state index contributed by atoms with van der Waals surface area (Å²) >= 11 is 0. The number of alkyl halides is 3. The van der Waals surface area contributed by atoms with E-state index in [1.807, 2.05) is 0 Å². The molecule has 12 heteroatoms. The van der Waals surface area contributed by atoms with E-state index in [4.69, 9.17) is 0 Å². The van der Waals surface area contributed by atoms with Crippen LogP contribution in [0.4, 0.5) is 29.3 Å². The third kappa shape index (κ3) is 5.87. The Morgan fingerprint density at radius 1 is 1.06 bits per heavy atom. The first-order valence-electron chi connectivity index (χ1n) is 8.73. The number of nitrogens with one attached hydrogen (secondary N) is 1. The summed E-state index contributed by atoms with van der Waals surface area (Å²) in [7, 11) is -1.93. The number of anilines is 2. The van der Waals surface area contributed by atoms with Crippen LogP contribution in [0.3, 0.4) is 0 Å². The first-order chi connectivity index (χ1) is 14.2. The Bertz CT molecular complexity index is 1090. The van der Waals surface area contributed by atoms with Crippen molar-refractivity contribution in [3.63, 3.8) is 0 Å². The Balaban J connectivity index is 2.42. The molecule has 31 heavy (non-hydrogen) atoms. The van der Waals surface area contributed by atoms with Crippen molar-refractivity contribution < 1.29 is 36.3 Å². The fourth-order valence-electron chi connectivity index (χ4n) is 2.68. The van der Waals surface area contributed by atoms with Crippen LogP contribution in [0.2, 0.25) is 0 Å². The average molecular weight is 459 g/mol. The second-order valence-corrected chi connectivity index (χ2v) is 8.45. The molecule has 0 aliphatic rings. The van der Waals surface area contributed by atoms with Gasteiger partial charge in [-0.1, -0.05) is 17.7 Å². The maximum Gasteiger partial charge on any atom is 0.471 e. The number of carbonyl (C=O) groups excluding carboxylic acids is 1. The van der Waals surface area contributed by atoms with Crippen LogP contribution in [0, 0.1) is 6.92 Å². The summed E-state index contributed by atoms with van der Waals surface area (Å²) in [4.78, 5) is 23.9. The summed E-state index contributed by atoms with van der Waals surface area (Å²) in [6.07, 6.45) is -6.50. The SMILES string of the molecule is Cc1ccc(S(=O)(=O)Nc2ccc(N(C)C(=O)O)c(CN(C)C(=O)C(F)(F)F)c2)cc1. The Labute approximate surface area is 176 Å². The minimum absolute atomic E-state index is 0.00546. The van der Waals surface area contributed by atoms with Crippen LogP contribution < -0.4 is 9.62 Å². The number of aryl methyl sites for hydroxylation is 1. The summed E-state index contributed by atoms with van der Waals surface area (Å²) in [5, 5.41) is 9.21. The minimum Gasteiger partial charge on any atom is -0.465 e. The van der Waals surface area contributed by atoms with Crippen molar-refractivity contribution in [2.75, 3.05) is 23.7 Å². The molecule has 0 heterocycles. The van der Waals surface area contributed by atoms with Gasteiger partial charge in [0.2, 0.25) is 0 Å². The quantitative estimate of drug-likeness (QED) is 0.688. The maximum atomic E-state index is 12.7. The van der Waals surface area contributed by atoms with Crippen LogP contribution in [-0.4, -0.2) is 50.7 Å². The van der Waals surface area contributed by atoms with Crippen LogP contribution in [0.25, 0.3) is 0 Å². The number of hydrogen-bond donors (Lipinski definition) is 2. The highest BCUT2D eigenvalue weighted by molar-refractivity contribution is 7.92. The highest BCUT2D eigenvalue weighted by Crippen LogP contribution is 2.28. The third-order valence-electron chi connectivity index (χ3n) is 4.31. The molecule has 0 aromatic heterocycles. The number of sulfonamides is 1. The zero-order chi connectivity index (χ0) is 23.6. The van der Waals surface area contributed by atoms with Crippen molar-refractivity contribution >= 4 is 33.4 Å². The first-order valence-corrected chi connectivity index (χ1v) is 10.2. The van der Waals surface area contributed by atoms with Gasteiger partial charge in [0.1, 0.15) is 0 Å². The largest absolute Gasteiger partial charge is 0.471 e. The van der Waals surface area contributed by atoms with Gasteiger partial charge in [0.25, 0.3) is 10.0 Å². The number of nitrogens with zero attached hydrogens (tertiary/aromatic N) is 2. The van der Waals surface area contributed by atoms with E-state index < -0.39 is 34.7 Å². The summed E-state index contributed by atoms with van der Waals surface area (Å²) < 4.78 is 65.6. The molecule has 0 radical (unpaired) electrons. The number of carboxylic acid groups (broad SMARTS) is 1. The molecule has 2 aromatic carbocycles. The number of rotatable bonds is 6. The molecule has 0 saturated heterocycles. The highest BCUT2D eigenvalue weighted by atomic mass is 32.2. The van der Waals surface area contributed by atoms with Crippen molar-refractivity contribution in [1.29, 1.82) is 0 Å². The van der Waals surface area contributed by atoms with Crippen LogP contribution >= 0.6 is 0 Å². The van der Waals surface area contributed by atoms with Crippen LogP contribution in [0.5, 0.6) is 0 Å². The van der Waals surface area contributed by atoms with Gasteiger partial charge in [-0.05, 0) is 42.8 Å². The predicted octanol–water partition coefficient (Wildman–Crippen LogP) is 3.43. The molecule has 2 N–H and O–H groups in total. The van der Waals surface area contributed by atoms with Gasteiger partial charge in [-0.2, -0.15) is 13.2 Å². The fraction of sp³-hybridized carbons (Fsp3) is 0.263. The number of amides is 2. The molecular weight excluding hydrogens is 439 g/mol. The molecule has 0 aliphatic carbocycles. The van der Waals surface area contributed by atoms with Gasteiger partial charge < -0.3 is 10.0 Å². The molecule has 2 rings (SSSR count). The number of hydrogen-bond acceptors (Lipinski definition) is 4. The van der Waals surface area contributed by atoms with E-state index in [-0.39, 0.29) is 21.8 Å². The second kappa shape index (κ2) is 8.84. The monoisotopic (exact) mass is 459 g/mol. The number of halogens is 3. The zero-order valence-corrected chi connectivity index (χ0v) is 17.6. The van der Waals surface area contributed by atoms with Gasteiger partial charge in [0, 0.05) is 26.3 Å². The van der Waals surface area contributed by atoms with Gasteiger partial charge >= 0.3 is 18.2 Å². The molecule has 0 fully saturated rings. The lowest BCUT2D eigenvalue weighted by atomic mass is 10.1. The summed E-state index contributed by atoms with van der Waals surface area (Å²) in [6.45, 7) is 1.18.